The van der Waals surface area contributed by atoms with Crippen molar-refractivity contribution < 1.29 is 44.6 Å². The number of hydrogen-bond acceptors (Lipinski definition) is 9. The van der Waals surface area contributed by atoms with Crippen molar-refractivity contribution in [3.8, 4) is 11.5 Å². The van der Waals surface area contributed by atoms with Crippen LogP contribution in [-0.4, -0.2) is 68.0 Å². The quantitative estimate of drug-likeness (QED) is 0.258. The molecular formula is C19H24O9. The standard InChI is InChI=1S/C19H24O9/c1-2-7-27-18(25)19(26)9-14(22)17(24)15(10-19)28-16(23)6-4-11-3-5-12(20)13(21)8-11/h3-6,8,14-15,17,20-22,24,26H,2,7,9-10H2,1H3. The Morgan fingerprint density at radius 3 is 2.57 bits per heavy atom. The molecule has 28 heavy (non-hydrogen) atoms. The van der Waals surface area contributed by atoms with Crippen molar-refractivity contribution in [2.45, 2.75) is 50.1 Å². The highest BCUT2D eigenvalue weighted by molar-refractivity contribution is 5.87. The van der Waals surface area contributed by atoms with Gasteiger partial charge in [-0.15, -0.1) is 0 Å². The van der Waals surface area contributed by atoms with E-state index in [0.29, 0.717) is 12.0 Å². The molecule has 0 bridgehead atoms. The molecule has 1 aromatic rings. The average Bonchev–Trinajstić information content (AvgIpc) is 2.64. The number of carbonyl (C=O) groups excluding carboxylic acids is 2. The van der Waals surface area contributed by atoms with E-state index in [4.69, 9.17) is 9.47 Å². The minimum absolute atomic E-state index is 0.0897. The van der Waals surface area contributed by atoms with Crippen LogP contribution in [0.3, 0.4) is 0 Å². The van der Waals surface area contributed by atoms with Gasteiger partial charge in [0.1, 0.15) is 12.2 Å². The number of benzene rings is 1. The van der Waals surface area contributed by atoms with Crippen molar-refractivity contribution in [1.29, 1.82) is 0 Å². The van der Waals surface area contributed by atoms with Gasteiger partial charge >= 0.3 is 11.9 Å². The van der Waals surface area contributed by atoms with Gasteiger partial charge in [-0.2, -0.15) is 0 Å². The van der Waals surface area contributed by atoms with Gasteiger partial charge in [-0.25, -0.2) is 9.59 Å². The zero-order valence-corrected chi connectivity index (χ0v) is 15.3. The molecule has 0 aromatic heterocycles. The first kappa shape index (κ1) is 21.7. The smallest absolute Gasteiger partial charge is 0.338 e. The van der Waals surface area contributed by atoms with Gasteiger partial charge in [-0.05, 0) is 30.2 Å². The number of aliphatic hydroxyl groups is 3. The summed E-state index contributed by atoms with van der Waals surface area (Å²) >= 11 is 0. The lowest BCUT2D eigenvalue weighted by Gasteiger charge is -2.39. The number of aromatic hydroxyl groups is 2. The molecule has 0 aliphatic heterocycles. The molecule has 0 spiro atoms. The Bertz CT molecular complexity index is 745. The second-order valence-corrected chi connectivity index (χ2v) is 6.69. The van der Waals surface area contributed by atoms with Gasteiger partial charge in [0.05, 0.1) is 12.7 Å². The third kappa shape index (κ3) is 5.22. The van der Waals surface area contributed by atoms with Crippen molar-refractivity contribution in [3.05, 3.63) is 29.8 Å². The SMILES string of the molecule is CCCOC(=O)C1(O)CC(O)C(O)C(OC(=O)C=Cc2ccc(O)c(O)c2)C1. The summed E-state index contributed by atoms with van der Waals surface area (Å²) in [6, 6.07) is 3.91. The van der Waals surface area contributed by atoms with Crippen LogP contribution in [0, 0.1) is 0 Å². The number of ether oxygens (including phenoxy) is 2. The van der Waals surface area contributed by atoms with Crippen LogP contribution in [0.2, 0.25) is 0 Å². The fourth-order valence-electron chi connectivity index (χ4n) is 2.86. The summed E-state index contributed by atoms with van der Waals surface area (Å²) in [7, 11) is 0. The number of phenolic OH excluding ortho intramolecular Hbond substituents is 2. The van der Waals surface area contributed by atoms with E-state index in [1.165, 1.54) is 24.3 Å². The molecule has 9 heteroatoms. The number of esters is 2. The van der Waals surface area contributed by atoms with Gasteiger partial charge in [-0.3, -0.25) is 0 Å². The van der Waals surface area contributed by atoms with Gasteiger partial charge in [0.15, 0.2) is 17.1 Å². The molecule has 4 unspecified atom stereocenters. The summed E-state index contributed by atoms with van der Waals surface area (Å²) in [5.41, 5.74) is -1.68. The van der Waals surface area contributed by atoms with Crippen LogP contribution in [-0.2, 0) is 19.1 Å². The zero-order chi connectivity index (χ0) is 20.9. The molecule has 1 aliphatic rings. The second-order valence-electron chi connectivity index (χ2n) is 6.69. The molecule has 1 fully saturated rings. The summed E-state index contributed by atoms with van der Waals surface area (Å²) in [5, 5.41) is 49.2. The largest absolute Gasteiger partial charge is 0.504 e. The van der Waals surface area contributed by atoms with Crippen molar-refractivity contribution in [2.75, 3.05) is 6.61 Å². The number of rotatable bonds is 6. The monoisotopic (exact) mass is 396 g/mol. The first-order chi connectivity index (χ1) is 13.2. The Morgan fingerprint density at radius 1 is 1.21 bits per heavy atom. The normalized spacial score (nSPS) is 27.5. The van der Waals surface area contributed by atoms with E-state index in [1.54, 1.807) is 6.92 Å². The molecular weight excluding hydrogens is 372 g/mol. The molecule has 154 valence electrons. The number of phenols is 2. The Labute approximate surface area is 161 Å². The number of aliphatic hydroxyl groups excluding tert-OH is 2. The van der Waals surface area contributed by atoms with Crippen LogP contribution < -0.4 is 0 Å². The zero-order valence-electron chi connectivity index (χ0n) is 15.3. The summed E-state index contributed by atoms with van der Waals surface area (Å²) in [6.07, 6.45) is -2.29. The lowest BCUT2D eigenvalue weighted by Crippen LogP contribution is -2.57. The molecule has 1 saturated carbocycles. The predicted molar refractivity (Wildman–Crippen MR) is 96.1 cm³/mol. The minimum Gasteiger partial charge on any atom is -0.504 e. The molecule has 0 amide bonds. The average molecular weight is 396 g/mol. The summed E-state index contributed by atoms with van der Waals surface area (Å²) in [5.74, 6) is -2.52. The lowest BCUT2D eigenvalue weighted by molar-refractivity contribution is -0.199. The maximum Gasteiger partial charge on any atom is 0.338 e. The Kier molecular flexibility index (Phi) is 7.00. The van der Waals surface area contributed by atoms with E-state index in [1.807, 2.05) is 0 Å². The molecule has 0 radical (unpaired) electrons. The first-order valence-electron chi connectivity index (χ1n) is 8.82. The molecule has 1 aromatic carbocycles. The molecule has 5 N–H and O–H groups in total. The highest BCUT2D eigenvalue weighted by Crippen LogP contribution is 2.32. The van der Waals surface area contributed by atoms with Gasteiger partial charge in [-0.1, -0.05) is 13.0 Å². The van der Waals surface area contributed by atoms with Crippen LogP contribution in [0.15, 0.2) is 24.3 Å². The van der Waals surface area contributed by atoms with E-state index in [9.17, 15) is 35.1 Å². The van der Waals surface area contributed by atoms with Crippen LogP contribution in [0.1, 0.15) is 31.7 Å². The van der Waals surface area contributed by atoms with Crippen molar-refractivity contribution in [2.24, 2.45) is 0 Å². The van der Waals surface area contributed by atoms with Crippen LogP contribution in [0.5, 0.6) is 11.5 Å². The topological polar surface area (TPSA) is 154 Å². The first-order valence-corrected chi connectivity index (χ1v) is 8.82. The Balaban J connectivity index is 2.05. The highest BCUT2D eigenvalue weighted by Gasteiger charge is 2.51. The number of hydrogen-bond donors (Lipinski definition) is 5. The molecule has 2 rings (SSSR count). The molecule has 0 saturated heterocycles. The number of carbonyl (C=O) groups is 2. The maximum absolute atomic E-state index is 12.1. The van der Waals surface area contributed by atoms with Crippen molar-refractivity contribution in [1.82, 2.24) is 0 Å². The summed E-state index contributed by atoms with van der Waals surface area (Å²) < 4.78 is 10.0. The van der Waals surface area contributed by atoms with Crippen molar-refractivity contribution >= 4 is 18.0 Å². The van der Waals surface area contributed by atoms with E-state index in [2.05, 4.69) is 0 Å². The van der Waals surface area contributed by atoms with Gasteiger partial charge in [0, 0.05) is 18.9 Å². The third-order valence-corrected chi connectivity index (χ3v) is 4.36. The predicted octanol–water partition coefficient (Wildman–Crippen LogP) is 0.223. The van der Waals surface area contributed by atoms with E-state index >= 15 is 0 Å². The van der Waals surface area contributed by atoms with E-state index < -0.39 is 48.7 Å². The fraction of sp³-hybridized carbons (Fsp3) is 0.474. The Morgan fingerprint density at radius 2 is 1.93 bits per heavy atom. The van der Waals surface area contributed by atoms with Gasteiger partial charge < -0.3 is 35.0 Å². The Hall–Kier alpha value is -2.62. The highest BCUT2D eigenvalue weighted by atomic mass is 16.6. The summed E-state index contributed by atoms with van der Waals surface area (Å²) in [6.45, 7) is 1.87. The fourth-order valence-corrected chi connectivity index (χ4v) is 2.86. The summed E-state index contributed by atoms with van der Waals surface area (Å²) in [4.78, 5) is 24.1. The maximum atomic E-state index is 12.1. The van der Waals surface area contributed by atoms with Gasteiger partial charge in [0.25, 0.3) is 0 Å². The molecule has 4 atom stereocenters. The molecule has 1 aliphatic carbocycles. The lowest BCUT2D eigenvalue weighted by atomic mass is 9.79. The van der Waals surface area contributed by atoms with E-state index in [0.717, 1.165) is 6.08 Å². The second kappa shape index (κ2) is 9.05. The van der Waals surface area contributed by atoms with Gasteiger partial charge in [0.2, 0.25) is 0 Å². The third-order valence-electron chi connectivity index (χ3n) is 4.36. The van der Waals surface area contributed by atoms with Crippen molar-refractivity contribution in [3.63, 3.8) is 0 Å². The van der Waals surface area contributed by atoms with Crippen LogP contribution in [0.4, 0.5) is 0 Å². The van der Waals surface area contributed by atoms with Crippen LogP contribution in [0.25, 0.3) is 6.08 Å². The van der Waals surface area contributed by atoms with Crippen LogP contribution >= 0.6 is 0 Å². The molecule has 9 nitrogen and oxygen atoms in total. The van der Waals surface area contributed by atoms with E-state index in [-0.39, 0.29) is 18.1 Å². The molecule has 0 heterocycles. The minimum atomic E-state index is -2.08.